The average Bonchev–Trinajstić information content (AvgIpc) is 3.05. The maximum atomic E-state index is 13.7. The fraction of sp³-hybridized carbons (Fsp3) is 0.235. The van der Waals surface area contributed by atoms with E-state index in [-0.39, 0.29) is 16.7 Å². The van der Waals surface area contributed by atoms with Crippen molar-refractivity contribution in [2.24, 2.45) is 0 Å². The number of aliphatic hydroxyl groups is 1. The summed E-state index contributed by atoms with van der Waals surface area (Å²) in [4.78, 5) is 5.76. The van der Waals surface area contributed by atoms with Crippen molar-refractivity contribution in [1.82, 2.24) is 24.4 Å². The van der Waals surface area contributed by atoms with Gasteiger partial charge in [0.15, 0.2) is 0 Å². The molecule has 0 amide bonds. The fourth-order valence-electron chi connectivity index (χ4n) is 3.10. The molecular weight excluding hydrogens is 393 g/mol. The highest BCUT2D eigenvalue weighted by Crippen LogP contribution is 2.49. The number of rotatable bonds is 4. The van der Waals surface area contributed by atoms with Gasteiger partial charge in [-0.3, -0.25) is 4.40 Å². The first-order valence-corrected chi connectivity index (χ1v) is 9.40. The van der Waals surface area contributed by atoms with Crippen LogP contribution >= 0.6 is 22.9 Å². The van der Waals surface area contributed by atoms with Crippen LogP contribution in [-0.4, -0.2) is 40.8 Å². The van der Waals surface area contributed by atoms with Crippen LogP contribution in [0.25, 0.3) is 10.5 Å². The SMILES string of the molecule is Oc1ccc(-n2cc(C(O)c3c([C@@H]4C[C@H]4F)sc4cncn34)nn2)cc1Cl. The molecule has 10 heteroatoms. The molecule has 3 aromatic heterocycles. The summed E-state index contributed by atoms with van der Waals surface area (Å²) in [6.45, 7) is 0. The van der Waals surface area contributed by atoms with Gasteiger partial charge in [0.05, 0.1) is 28.8 Å². The predicted molar refractivity (Wildman–Crippen MR) is 97.4 cm³/mol. The second-order valence-corrected chi connectivity index (χ2v) is 7.91. The van der Waals surface area contributed by atoms with Crippen molar-refractivity contribution in [3.05, 3.63) is 58.2 Å². The van der Waals surface area contributed by atoms with Crippen molar-refractivity contribution in [3.8, 4) is 11.4 Å². The van der Waals surface area contributed by atoms with E-state index in [1.165, 1.54) is 22.1 Å². The molecule has 3 heterocycles. The number of thiazole rings is 1. The Balaban J connectivity index is 1.54. The van der Waals surface area contributed by atoms with Gasteiger partial charge < -0.3 is 10.2 Å². The second-order valence-electron chi connectivity index (χ2n) is 6.44. The van der Waals surface area contributed by atoms with Crippen molar-refractivity contribution in [3.63, 3.8) is 0 Å². The van der Waals surface area contributed by atoms with E-state index in [0.717, 1.165) is 9.71 Å². The molecule has 27 heavy (non-hydrogen) atoms. The van der Waals surface area contributed by atoms with E-state index in [1.54, 1.807) is 35.3 Å². The Morgan fingerprint density at radius 3 is 2.93 bits per heavy atom. The normalized spacial score (nSPS) is 20.3. The van der Waals surface area contributed by atoms with Crippen LogP contribution in [0.4, 0.5) is 4.39 Å². The van der Waals surface area contributed by atoms with E-state index < -0.39 is 12.3 Å². The number of alkyl halides is 1. The van der Waals surface area contributed by atoms with Crippen molar-refractivity contribution >= 4 is 27.8 Å². The zero-order chi connectivity index (χ0) is 18.7. The fourth-order valence-corrected chi connectivity index (χ4v) is 4.56. The number of halogens is 2. The minimum absolute atomic E-state index is 0.0311. The Kier molecular flexibility index (Phi) is 3.71. The summed E-state index contributed by atoms with van der Waals surface area (Å²) in [5.41, 5.74) is 1.49. The highest BCUT2D eigenvalue weighted by Gasteiger charge is 2.43. The Hall–Kier alpha value is -2.49. The maximum absolute atomic E-state index is 13.7. The Bertz CT molecular complexity index is 1160. The number of hydrogen-bond acceptors (Lipinski definition) is 6. The van der Waals surface area contributed by atoms with Crippen LogP contribution in [0.15, 0.2) is 36.9 Å². The van der Waals surface area contributed by atoms with Crippen LogP contribution in [0.5, 0.6) is 5.75 Å². The first kappa shape index (κ1) is 16.7. The van der Waals surface area contributed by atoms with Crippen molar-refractivity contribution in [2.45, 2.75) is 24.6 Å². The highest BCUT2D eigenvalue weighted by atomic mass is 35.5. The van der Waals surface area contributed by atoms with Crippen LogP contribution < -0.4 is 0 Å². The van der Waals surface area contributed by atoms with Crippen molar-refractivity contribution in [1.29, 1.82) is 0 Å². The molecule has 3 atom stereocenters. The number of aromatic nitrogens is 5. The summed E-state index contributed by atoms with van der Waals surface area (Å²) in [6.07, 6.45) is 3.40. The summed E-state index contributed by atoms with van der Waals surface area (Å²) in [7, 11) is 0. The first-order valence-electron chi connectivity index (χ1n) is 8.21. The van der Waals surface area contributed by atoms with Gasteiger partial charge in [0, 0.05) is 10.8 Å². The van der Waals surface area contributed by atoms with Gasteiger partial charge in [0.2, 0.25) is 0 Å². The van der Waals surface area contributed by atoms with Gasteiger partial charge in [-0.2, -0.15) is 0 Å². The number of phenols is 1. The van der Waals surface area contributed by atoms with Gasteiger partial charge in [-0.1, -0.05) is 16.8 Å². The van der Waals surface area contributed by atoms with Crippen LogP contribution in [0.3, 0.4) is 0 Å². The summed E-state index contributed by atoms with van der Waals surface area (Å²) in [5, 5.41) is 28.8. The number of benzene rings is 1. The van der Waals surface area contributed by atoms with Gasteiger partial charge in [-0.15, -0.1) is 16.4 Å². The number of hydrogen-bond donors (Lipinski definition) is 2. The van der Waals surface area contributed by atoms with Gasteiger partial charge in [-0.25, -0.2) is 14.1 Å². The van der Waals surface area contributed by atoms with Gasteiger partial charge >= 0.3 is 0 Å². The average molecular weight is 406 g/mol. The van der Waals surface area contributed by atoms with Crippen LogP contribution in [0, 0.1) is 0 Å². The number of nitrogens with zero attached hydrogens (tertiary/aromatic N) is 5. The summed E-state index contributed by atoms with van der Waals surface area (Å²) in [5.74, 6) is -0.220. The first-order chi connectivity index (χ1) is 13.0. The van der Waals surface area contributed by atoms with E-state index in [9.17, 15) is 14.6 Å². The maximum Gasteiger partial charge on any atom is 0.141 e. The molecule has 1 fully saturated rings. The van der Waals surface area contributed by atoms with Crippen LogP contribution in [0.2, 0.25) is 5.02 Å². The molecule has 1 aromatic carbocycles. The lowest BCUT2D eigenvalue weighted by molar-refractivity contribution is 0.208. The summed E-state index contributed by atoms with van der Waals surface area (Å²) >= 11 is 7.37. The molecule has 0 radical (unpaired) electrons. The number of aromatic hydroxyl groups is 1. The lowest BCUT2D eigenvalue weighted by atomic mass is 10.1. The van der Waals surface area contributed by atoms with E-state index in [2.05, 4.69) is 15.3 Å². The molecule has 4 aromatic rings. The third-order valence-corrected chi connectivity index (χ3v) is 6.17. The van der Waals surface area contributed by atoms with E-state index in [1.807, 2.05) is 0 Å². The largest absolute Gasteiger partial charge is 0.506 e. The molecule has 0 saturated heterocycles. The van der Waals surface area contributed by atoms with Gasteiger partial charge in [-0.05, 0) is 24.6 Å². The molecule has 2 N–H and O–H groups in total. The second kappa shape index (κ2) is 6.01. The molecule has 1 saturated carbocycles. The molecule has 1 aliphatic rings. The van der Waals surface area contributed by atoms with Gasteiger partial charge in [0.25, 0.3) is 0 Å². The number of phenolic OH excluding ortho intramolecular Hbond substituents is 1. The number of aliphatic hydroxyl groups excluding tert-OH is 1. The molecule has 0 aliphatic heterocycles. The van der Waals surface area contributed by atoms with Crippen LogP contribution in [0.1, 0.15) is 34.7 Å². The lowest BCUT2D eigenvalue weighted by Gasteiger charge is -2.09. The van der Waals surface area contributed by atoms with E-state index in [0.29, 0.717) is 23.5 Å². The third kappa shape index (κ3) is 2.70. The molecule has 1 unspecified atom stereocenters. The Labute approximate surface area is 161 Å². The Morgan fingerprint density at radius 2 is 2.19 bits per heavy atom. The Morgan fingerprint density at radius 1 is 1.37 bits per heavy atom. The quantitative estimate of drug-likeness (QED) is 0.544. The lowest BCUT2D eigenvalue weighted by Crippen LogP contribution is -2.06. The topological polar surface area (TPSA) is 88.5 Å². The van der Waals surface area contributed by atoms with E-state index in [4.69, 9.17) is 11.6 Å². The van der Waals surface area contributed by atoms with Gasteiger partial charge in [0.1, 0.15) is 34.9 Å². The minimum atomic E-state index is -1.07. The third-order valence-electron chi connectivity index (χ3n) is 4.63. The zero-order valence-corrected chi connectivity index (χ0v) is 15.3. The molecular formula is C17H13ClFN5O2S. The predicted octanol–water partition coefficient (Wildman–Crippen LogP) is 3.24. The monoisotopic (exact) mass is 405 g/mol. The molecule has 7 nitrogen and oxygen atoms in total. The van der Waals surface area contributed by atoms with Crippen molar-refractivity contribution in [2.75, 3.05) is 0 Å². The summed E-state index contributed by atoms with van der Waals surface area (Å²) < 4.78 is 16.9. The van der Waals surface area contributed by atoms with Crippen LogP contribution in [-0.2, 0) is 0 Å². The molecule has 5 rings (SSSR count). The molecule has 1 aliphatic carbocycles. The minimum Gasteiger partial charge on any atom is -0.506 e. The zero-order valence-electron chi connectivity index (χ0n) is 13.7. The standard InChI is InChI=1S/C17H13ClFN5O2S/c18-10-3-8(1-2-13(10)25)24-6-12(21-22-24)16(26)15-17(9-4-11(9)19)27-14-5-20-7-23(14)15/h1-3,5-7,9,11,16,25-26H,4H2/t9-,11-,16?/m1/s1. The number of imidazole rings is 1. The van der Waals surface area contributed by atoms with E-state index >= 15 is 0 Å². The number of fused-ring (bicyclic) bond motifs is 1. The van der Waals surface area contributed by atoms with Crippen molar-refractivity contribution < 1.29 is 14.6 Å². The molecule has 0 spiro atoms. The molecule has 0 bridgehead atoms. The summed E-state index contributed by atoms with van der Waals surface area (Å²) in [6, 6.07) is 4.63. The smallest absolute Gasteiger partial charge is 0.141 e. The molecule has 138 valence electrons. The highest BCUT2D eigenvalue weighted by molar-refractivity contribution is 7.17.